The molecule has 0 aliphatic carbocycles. The summed E-state index contributed by atoms with van der Waals surface area (Å²) in [6.07, 6.45) is 0. The van der Waals surface area contributed by atoms with E-state index in [1.54, 1.807) is 12.0 Å². The third-order valence-corrected chi connectivity index (χ3v) is 3.04. The molecule has 0 bridgehead atoms. The topological polar surface area (TPSA) is 55.6 Å². The predicted octanol–water partition coefficient (Wildman–Crippen LogP) is 2.19. The van der Waals surface area contributed by atoms with Gasteiger partial charge < -0.3 is 15.4 Å². The maximum Gasteiger partial charge on any atom is 0.241 e. The zero-order valence-corrected chi connectivity index (χ0v) is 11.5. The first-order valence-electron chi connectivity index (χ1n) is 6.43. The highest BCUT2D eigenvalue weighted by Gasteiger charge is 2.14. The van der Waals surface area contributed by atoms with Crippen molar-refractivity contribution in [3.8, 4) is 5.75 Å². The SMILES string of the molecule is COc1ccc(CN(C(=O)CN)c2ccccc2)cc1. The van der Waals surface area contributed by atoms with Crippen molar-refractivity contribution in [2.24, 2.45) is 5.73 Å². The van der Waals surface area contributed by atoms with Crippen LogP contribution in [0.15, 0.2) is 54.6 Å². The Morgan fingerprint density at radius 3 is 2.30 bits per heavy atom. The van der Waals surface area contributed by atoms with Crippen LogP contribution in [-0.2, 0) is 11.3 Å². The standard InChI is InChI=1S/C16H18N2O2/c1-20-15-9-7-13(8-10-15)12-18(16(19)11-17)14-5-3-2-4-6-14/h2-10H,11-12,17H2,1H3. The van der Waals surface area contributed by atoms with Crippen LogP contribution >= 0.6 is 0 Å². The summed E-state index contributed by atoms with van der Waals surface area (Å²) < 4.78 is 5.13. The van der Waals surface area contributed by atoms with E-state index < -0.39 is 0 Å². The Balaban J connectivity index is 2.21. The Kier molecular flexibility index (Phi) is 4.74. The van der Waals surface area contributed by atoms with Crippen LogP contribution in [0.4, 0.5) is 5.69 Å². The minimum absolute atomic E-state index is 0.00888. The molecule has 2 N–H and O–H groups in total. The van der Waals surface area contributed by atoms with Gasteiger partial charge in [0.1, 0.15) is 5.75 Å². The summed E-state index contributed by atoms with van der Waals surface area (Å²) in [5.41, 5.74) is 7.37. The first-order chi connectivity index (χ1) is 9.74. The van der Waals surface area contributed by atoms with Gasteiger partial charge in [0, 0.05) is 5.69 Å². The predicted molar refractivity (Wildman–Crippen MR) is 79.7 cm³/mol. The summed E-state index contributed by atoms with van der Waals surface area (Å²) in [7, 11) is 1.63. The van der Waals surface area contributed by atoms with Crippen LogP contribution in [0.1, 0.15) is 5.56 Å². The van der Waals surface area contributed by atoms with Crippen molar-refractivity contribution in [1.82, 2.24) is 0 Å². The van der Waals surface area contributed by atoms with E-state index in [9.17, 15) is 4.79 Å². The smallest absolute Gasteiger partial charge is 0.241 e. The van der Waals surface area contributed by atoms with Crippen LogP contribution in [0.25, 0.3) is 0 Å². The molecule has 0 spiro atoms. The minimum Gasteiger partial charge on any atom is -0.497 e. The molecule has 0 fully saturated rings. The Morgan fingerprint density at radius 1 is 1.10 bits per heavy atom. The molecule has 0 unspecified atom stereocenters. The van der Waals surface area contributed by atoms with Gasteiger partial charge in [-0.05, 0) is 29.8 Å². The van der Waals surface area contributed by atoms with E-state index in [1.165, 1.54) is 0 Å². The summed E-state index contributed by atoms with van der Waals surface area (Å²) in [6.45, 7) is 0.481. The molecule has 2 aromatic rings. The largest absolute Gasteiger partial charge is 0.497 e. The van der Waals surface area contributed by atoms with Crippen LogP contribution in [0.3, 0.4) is 0 Å². The number of methoxy groups -OCH3 is 1. The second kappa shape index (κ2) is 6.73. The lowest BCUT2D eigenvalue weighted by Crippen LogP contribution is -2.35. The van der Waals surface area contributed by atoms with Crippen molar-refractivity contribution >= 4 is 11.6 Å². The monoisotopic (exact) mass is 270 g/mol. The highest BCUT2D eigenvalue weighted by Crippen LogP contribution is 2.18. The summed E-state index contributed by atoms with van der Waals surface area (Å²) in [6, 6.07) is 17.2. The van der Waals surface area contributed by atoms with Gasteiger partial charge in [0.25, 0.3) is 0 Å². The number of carbonyl (C=O) groups excluding carboxylic acids is 1. The Hall–Kier alpha value is -2.33. The van der Waals surface area contributed by atoms with E-state index in [1.807, 2.05) is 54.6 Å². The Bertz CT molecular complexity index is 552. The first-order valence-corrected chi connectivity index (χ1v) is 6.43. The molecule has 0 heterocycles. The quantitative estimate of drug-likeness (QED) is 0.906. The molecule has 0 radical (unpaired) electrons. The van der Waals surface area contributed by atoms with Crippen LogP contribution in [0.2, 0.25) is 0 Å². The highest BCUT2D eigenvalue weighted by molar-refractivity contribution is 5.94. The van der Waals surface area contributed by atoms with Gasteiger partial charge in [0.05, 0.1) is 20.2 Å². The summed E-state index contributed by atoms with van der Waals surface area (Å²) in [5.74, 6) is 0.692. The fourth-order valence-corrected chi connectivity index (χ4v) is 1.96. The number of nitrogens with zero attached hydrogens (tertiary/aromatic N) is 1. The average Bonchev–Trinajstić information content (AvgIpc) is 2.53. The van der Waals surface area contributed by atoms with Gasteiger partial charge in [-0.3, -0.25) is 4.79 Å². The molecule has 0 saturated heterocycles. The number of hydrogen-bond acceptors (Lipinski definition) is 3. The van der Waals surface area contributed by atoms with Gasteiger partial charge >= 0.3 is 0 Å². The highest BCUT2D eigenvalue weighted by atomic mass is 16.5. The van der Waals surface area contributed by atoms with E-state index in [0.29, 0.717) is 6.54 Å². The second-order valence-corrected chi connectivity index (χ2v) is 4.37. The van der Waals surface area contributed by atoms with Crippen molar-refractivity contribution in [3.63, 3.8) is 0 Å². The van der Waals surface area contributed by atoms with Crippen LogP contribution in [0, 0.1) is 0 Å². The van der Waals surface area contributed by atoms with Gasteiger partial charge in [-0.1, -0.05) is 30.3 Å². The molecule has 4 nitrogen and oxygen atoms in total. The molecule has 2 rings (SSSR count). The van der Waals surface area contributed by atoms with Gasteiger partial charge in [0.15, 0.2) is 0 Å². The number of para-hydroxylation sites is 1. The second-order valence-electron chi connectivity index (χ2n) is 4.37. The molecule has 0 aromatic heterocycles. The number of amides is 1. The van der Waals surface area contributed by atoms with E-state index in [0.717, 1.165) is 17.0 Å². The molecular weight excluding hydrogens is 252 g/mol. The number of benzene rings is 2. The van der Waals surface area contributed by atoms with E-state index in [4.69, 9.17) is 10.5 Å². The lowest BCUT2D eigenvalue weighted by molar-refractivity contribution is -0.117. The van der Waals surface area contributed by atoms with Crippen molar-refractivity contribution in [1.29, 1.82) is 0 Å². The Labute approximate surface area is 118 Å². The molecule has 0 atom stereocenters. The maximum atomic E-state index is 12.0. The van der Waals surface area contributed by atoms with Crippen molar-refractivity contribution in [2.75, 3.05) is 18.6 Å². The van der Waals surface area contributed by atoms with Crippen molar-refractivity contribution in [2.45, 2.75) is 6.54 Å². The maximum absolute atomic E-state index is 12.0. The molecule has 0 saturated carbocycles. The summed E-state index contributed by atoms with van der Waals surface area (Å²) in [5, 5.41) is 0. The fourth-order valence-electron chi connectivity index (χ4n) is 1.96. The zero-order valence-electron chi connectivity index (χ0n) is 11.5. The lowest BCUT2D eigenvalue weighted by atomic mass is 10.2. The fraction of sp³-hybridized carbons (Fsp3) is 0.188. The van der Waals surface area contributed by atoms with Gasteiger partial charge in [-0.25, -0.2) is 0 Å². The average molecular weight is 270 g/mol. The minimum atomic E-state index is -0.105. The normalized spacial score (nSPS) is 10.1. The van der Waals surface area contributed by atoms with E-state index in [-0.39, 0.29) is 12.5 Å². The number of anilines is 1. The molecule has 20 heavy (non-hydrogen) atoms. The number of rotatable bonds is 5. The summed E-state index contributed by atoms with van der Waals surface area (Å²) >= 11 is 0. The van der Waals surface area contributed by atoms with Gasteiger partial charge in [-0.2, -0.15) is 0 Å². The Morgan fingerprint density at radius 2 is 1.75 bits per heavy atom. The van der Waals surface area contributed by atoms with Crippen LogP contribution in [-0.4, -0.2) is 19.6 Å². The molecule has 104 valence electrons. The van der Waals surface area contributed by atoms with Gasteiger partial charge in [-0.15, -0.1) is 0 Å². The van der Waals surface area contributed by atoms with Crippen molar-refractivity contribution in [3.05, 3.63) is 60.2 Å². The third-order valence-electron chi connectivity index (χ3n) is 3.04. The number of ether oxygens (including phenoxy) is 1. The van der Waals surface area contributed by atoms with E-state index in [2.05, 4.69) is 0 Å². The lowest BCUT2D eigenvalue weighted by Gasteiger charge is -2.22. The molecule has 4 heteroatoms. The van der Waals surface area contributed by atoms with Crippen LogP contribution < -0.4 is 15.4 Å². The molecule has 0 aliphatic heterocycles. The molecule has 0 aliphatic rings. The van der Waals surface area contributed by atoms with Gasteiger partial charge in [0.2, 0.25) is 5.91 Å². The molecular formula is C16H18N2O2. The first kappa shape index (κ1) is 14.1. The van der Waals surface area contributed by atoms with Crippen LogP contribution in [0.5, 0.6) is 5.75 Å². The third kappa shape index (κ3) is 3.36. The van der Waals surface area contributed by atoms with Crippen molar-refractivity contribution < 1.29 is 9.53 Å². The zero-order chi connectivity index (χ0) is 14.4. The number of hydrogen-bond donors (Lipinski definition) is 1. The van der Waals surface area contributed by atoms with E-state index >= 15 is 0 Å². The summed E-state index contributed by atoms with van der Waals surface area (Å²) in [4.78, 5) is 13.7. The number of nitrogens with two attached hydrogens (primary N) is 1. The molecule has 2 aromatic carbocycles. The molecule has 1 amide bonds. The number of carbonyl (C=O) groups is 1.